The van der Waals surface area contributed by atoms with Gasteiger partial charge in [-0.3, -0.25) is 9.62 Å². The van der Waals surface area contributed by atoms with Crippen LogP contribution in [0.2, 0.25) is 0 Å². The van der Waals surface area contributed by atoms with Crippen LogP contribution in [0.3, 0.4) is 0 Å². The van der Waals surface area contributed by atoms with Crippen LogP contribution < -0.4 is 14.8 Å². The molecule has 2 N–H and O–H groups in total. The summed E-state index contributed by atoms with van der Waals surface area (Å²) in [6.45, 7) is 6.61. The van der Waals surface area contributed by atoms with Gasteiger partial charge in [0.15, 0.2) is 0 Å². The van der Waals surface area contributed by atoms with Crippen molar-refractivity contribution in [1.82, 2.24) is 14.8 Å². The minimum Gasteiger partial charge on any atom is -0.439 e. The molecule has 0 bridgehead atoms. The number of urea groups is 1. The second-order valence-corrected chi connectivity index (χ2v) is 12.6. The molecule has 234 valence electrons. The molecule has 2 heterocycles. The maximum Gasteiger partial charge on any atom is 0.322 e. The molecular formula is C31H36F2N6O4S. The maximum absolute atomic E-state index is 14.4. The standard InChI is InChI=1S/C31H36F2N6O4S/c1-4-5-14-39(31(40)36-29-17-23(19-34)27(32)18-28(29)33)25-12-15-38(16-13-25)20-22-6-11-30(35-21(22)2)43-26-9-7-24(8-10-26)37-44(3,41)42/h6-11,17-18,25,37H,4-5,12-16,20H2,1-3H3,(H,36,40). The number of nitrogens with zero attached hydrogens (tertiary/aromatic N) is 4. The molecule has 0 saturated carbocycles. The Labute approximate surface area is 256 Å². The lowest BCUT2D eigenvalue weighted by atomic mass is 10.0. The highest BCUT2D eigenvalue weighted by atomic mass is 32.2. The molecule has 0 atom stereocenters. The molecule has 1 aliphatic rings. The van der Waals surface area contributed by atoms with Gasteiger partial charge in [0.05, 0.1) is 17.5 Å². The molecular weight excluding hydrogens is 590 g/mol. The second kappa shape index (κ2) is 14.5. The number of unbranched alkanes of at least 4 members (excludes halogenated alkanes) is 1. The molecule has 3 aromatic rings. The zero-order valence-electron chi connectivity index (χ0n) is 24.9. The number of sulfonamides is 1. The third kappa shape index (κ3) is 8.87. The summed E-state index contributed by atoms with van der Waals surface area (Å²) >= 11 is 0. The topological polar surface area (TPSA) is 128 Å². The molecule has 10 nitrogen and oxygen atoms in total. The number of carbonyl (C=O) groups is 1. The Hall–Kier alpha value is -4.28. The third-order valence-electron chi connectivity index (χ3n) is 7.37. The molecule has 1 aliphatic heterocycles. The molecule has 0 spiro atoms. The number of piperidine rings is 1. The molecule has 0 aliphatic carbocycles. The van der Waals surface area contributed by atoms with Gasteiger partial charge in [0.1, 0.15) is 23.5 Å². The molecule has 0 radical (unpaired) electrons. The first kappa shape index (κ1) is 32.6. The minimum absolute atomic E-state index is 0.0502. The lowest BCUT2D eigenvalue weighted by Crippen LogP contribution is -2.49. The zero-order chi connectivity index (χ0) is 31.9. The highest BCUT2D eigenvalue weighted by molar-refractivity contribution is 7.92. The van der Waals surface area contributed by atoms with E-state index in [1.54, 1.807) is 41.3 Å². The van der Waals surface area contributed by atoms with Gasteiger partial charge in [-0.25, -0.2) is 27.0 Å². The predicted octanol–water partition coefficient (Wildman–Crippen LogP) is 6.00. The number of ether oxygens (including phenoxy) is 1. The van der Waals surface area contributed by atoms with Gasteiger partial charge in [-0.15, -0.1) is 0 Å². The van der Waals surface area contributed by atoms with E-state index < -0.39 is 27.7 Å². The summed E-state index contributed by atoms with van der Waals surface area (Å²) in [5.74, 6) is -0.955. The van der Waals surface area contributed by atoms with E-state index in [0.29, 0.717) is 36.5 Å². The van der Waals surface area contributed by atoms with Crippen LogP contribution in [0.15, 0.2) is 48.5 Å². The molecule has 1 saturated heterocycles. The quantitative estimate of drug-likeness (QED) is 0.267. The van der Waals surface area contributed by atoms with E-state index in [0.717, 1.165) is 62.4 Å². The van der Waals surface area contributed by atoms with Crippen LogP contribution in [0.4, 0.5) is 25.0 Å². The summed E-state index contributed by atoms with van der Waals surface area (Å²) in [7, 11) is -3.36. The Morgan fingerprint density at radius 3 is 2.45 bits per heavy atom. The van der Waals surface area contributed by atoms with Crippen molar-refractivity contribution in [1.29, 1.82) is 5.26 Å². The van der Waals surface area contributed by atoms with Crippen LogP contribution in [0, 0.1) is 29.9 Å². The number of likely N-dealkylation sites (tertiary alicyclic amines) is 1. The number of nitriles is 1. The Kier molecular flexibility index (Phi) is 10.7. The number of rotatable bonds is 11. The maximum atomic E-state index is 14.4. The fourth-order valence-corrected chi connectivity index (χ4v) is 5.61. The number of anilines is 2. The fraction of sp³-hybridized carbons (Fsp3) is 0.387. The monoisotopic (exact) mass is 626 g/mol. The van der Waals surface area contributed by atoms with E-state index in [1.807, 2.05) is 19.9 Å². The number of amides is 2. The summed E-state index contributed by atoms with van der Waals surface area (Å²) in [5.41, 5.74) is 1.75. The van der Waals surface area contributed by atoms with Crippen molar-refractivity contribution in [3.05, 3.63) is 77.0 Å². The van der Waals surface area contributed by atoms with Crippen LogP contribution in [0.1, 0.15) is 49.4 Å². The number of halogens is 2. The lowest BCUT2D eigenvalue weighted by molar-refractivity contribution is 0.122. The number of aryl methyl sites for hydroxylation is 1. The Morgan fingerprint density at radius 2 is 1.84 bits per heavy atom. The second-order valence-electron chi connectivity index (χ2n) is 10.8. The molecule has 13 heteroatoms. The van der Waals surface area contributed by atoms with Gasteiger partial charge < -0.3 is 15.0 Å². The fourth-order valence-electron chi connectivity index (χ4n) is 5.04. The van der Waals surface area contributed by atoms with Gasteiger partial charge in [-0.2, -0.15) is 5.26 Å². The smallest absolute Gasteiger partial charge is 0.322 e. The third-order valence-corrected chi connectivity index (χ3v) is 7.98. The van der Waals surface area contributed by atoms with Crippen molar-refractivity contribution in [2.75, 3.05) is 35.9 Å². The number of carbonyl (C=O) groups excluding carboxylic acids is 1. The van der Waals surface area contributed by atoms with Gasteiger partial charge in [0.25, 0.3) is 0 Å². The normalized spacial score (nSPS) is 14.1. The Bertz CT molecular complexity index is 1620. The first-order valence-corrected chi connectivity index (χ1v) is 16.3. The van der Waals surface area contributed by atoms with Crippen molar-refractivity contribution in [3.63, 3.8) is 0 Å². The highest BCUT2D eigenvalue weighted by Gasteiger charge is 2.28. The van der Waals surface area contributed by atoms with E-state index in [1.165, 1.54) is 0 Å². The Balaban J connectivity index is 1.34. The summed E-state index contributed by atoms with van der Waals surface area (Å²) in [6, 6.07) is 13.1. The first-order valence-electron chi connectivity index (χ1n) is 14.4. The summed E-state index contributed by atoms with van der Waals surface area (Å²) in [5, 5.41) is 11.6. The molecule has 2 aromatic carbocycles. The number of hydrogen-bond acceptors (Lipinski definition) is 7. The highest BCUT2D eigenvalue weighted by Crippen LogP contribution is 2.26. The van der Waals surface area contributed by atoms with Gasteiger partial charge >= 0.3 is 6.03 Å². The largest absolute Gasteiger partial charge is 0.439 e. The van der Waals surface area contributed by atoms with E-state index in [9.17, 15) is 22.0 Å². The molecule has 4 rings (SSSR count). The SMILES string of the molecule is CCCCN(C(=O)Nc1cc(C#N)c(F)cc1F)C1CCN(Cc2ccc(Oc3ccc(NS(C)(=O)=O)cc3)nc2C)CC1. The van der Waals surface area contributed by atoms with Gasteiger partial charge in [-0.1, -0.05) is 19.4 Å². The van der Waals surface area contributed by atoms with Crippen molar-refractivity contribution < 1.29 is 26.7 Å². The number of aromatic nitrogens is 1. The van der Waals surface area contributed by atoms with Crippen LogP contribution >= 0.6 is 0 Å². The van der Waals surface area contributed by atoms with Gasteiger partial charge in [0.2, 0.25) is 15.9 Å². The Morgan fingerprint density at radius 1 is 1.14 bits per heavy atom. The van der Waals surface area contributed by atoms with Gasteiger partial charge in [-0.05, 0) is 62.1 Å². The van der Waals surface area contributed by atoms with Crippen LogP contribution in [-0.4, -0.2) is 61.2 Å². The van der Waals surface area contributed by atoms with Crippen LogP contribution in [0.25, 0.3) is 0 Å². The lowest BCUT2D eigenvalue weighted by Gasteiger charge is -2.38. The number of pyridine rings is 1. The molecule has 2 amide bonds. The molecule has 44 heavy (non-hydrogen) atoms. The average molecular weight is 627 g/mol. The number of hydrogen-bond donors (Lipinski definition) is 2. The zero-order valence-corrected chi connectivity index (χ0v) is 25.8. The van der Waals surface area contributed by atoms with E-state index in [2.05, 4.69) is 19.9 Å². The van der Waals surface area contributed by atoms with Crippen molar-refractivity contribution in [2.45, 2.75) is 52.1 Å². The summed E-state index contributed by atoms with van der Waals surface area (Å²) in [4.78, 5) is 21.8. The molecule has 1 aromatic heterocycles. The molecule has 0 unspecified atom stereocenters. The van der Waals surface area contributed by atoms with Crippen LogP contribution in [0.5, 0.6) is 11.6 Å². The minimum atomic E-state index is -3.36. The van der Waals surface area contributed by atoms with Gasteiger partial charge in [0, 0.05) is 55.7 Å². The predicted molar refractivity (Wildman–Crippen MR) is 164 cm³/mol. The van der Waals surface area contributed by atoms with Crippen molar-refractivity contribution in [2.24, 2.45) is 0 Å². The van der Waals surface area contributed by atoms with E-state index in [4.69, 9.17) is 10.00 Å². The first-order chi connectivity index (χ1) is 21.0. The van der Waals surface area contributed by atoms with Crippen molar-refractivity contribution in [3.8, 4) is 17.7 Å². The average Bonchev–Trinajstić information content (AvgIpc) is 2.97. The van der Waals surface area contributed by atoms with Crippen molar-refractivity contribution >= 4 is 27.4 Å². The number of nitrogens with one attached hydrogen (secondary N) is 2. The summed E-state index contributed by atoms with van der Waals surface area (Å²) in [6.07, 6.45) is 4.20. The summed E-state index contributed by atoms with van der Waals surface area (Å²) < 4.78 is 59.1. The van der Waals surface area contributed by atoms with Crippen LogP contribution in [-0.2, 0) is 16.6 Å². The van der Waals surface area contributed by atoms with E-state index >= 15 is 0 Å². The number of benzene rings is 2. The van der Waals surface area contributed by atoms with E-state index in [-0.39, 0.29) is 17.3 Å². The molecule has 1 fully saturated rings.